The van der Waals surface area contributed by atoms with Gasteiger partial charge in [0.15, 0.2) is 0 Å². The molecule has 1 aliphatic rings. The standard InChI is InChI=1S/C14H19N3O5S/c18-13(15-10-14(19)20)11-16-6-8-17(9-7-16)23(21,22)12-4-2-1-3-5-12/h1-5H,6-11H2,(H,15,18)(H,19,20). The molecule has 0 aliphatic carbocycles. The highest BCUT2D eigenvalue weighted by Gasteiger charge is 2.28. The van der Waals surface area contributed by atoms with Crippen LogP contribution in [0.3, 0.4) is 0 Å². The number of sulfonamides is 1. The summed E-state index contributed by atoms with van der Waals surface area (Å²) in [7, 11) is -3.51. The van der Waals surface area contributed by atoms with Crippen LogP contribution in [-0.2, 0) is 19.6 Å². The molecule has 0 bridgehead atoms. The number of rotatable bonds is 6. The maximum Gasteiger partial charge on any atom is 0.322 e. The molecule has 1 aromatic rings. The molecule has 0 radical (unpaired) electrons. The van der Waals surface area contributed by atoms with Gasteiger partial charge >= 0.3 is 5.97 Å². The summed E-state index contributed by atoms with van der Waals surface area (Å²) in [4.78, 5) is 24.0. The largest absolute Gasteiger partial charge is 0.480 e. The lowest BCUT2D eigenvalue weighted by Crippen LogP contribution is -2.51. The fourth-order valence-electron chi connectivity index (χ4n) is 2.30. The lowest BCUT2D eigenvalue weighted by atomic mass is 10.3. The van der Waals surface area contributed by atoms with Gasteiger partial charge in [-0.15, -0.1) is 0 Å². The molecule has 8 nitrogen and oxygen atoms in total. The molecule has 1 aromatic carbocycles. The van der Waals surface area contributed by atoms with Crippen LogP contribution in [0.25, 0.3) is 0 Å². The molecule has 1 amide bonds. The normalized spacial score (nSPS) is 16.9. The van der Waals surface area contributed by atoms with Crippen molar-refractivity contribution in [1.29, 1.82) is 0 Å². The first-order chi connectivity index (χ1) is 10.9. The Bertz CT molecular complexity index is 654. The predicted molar refractivity (Wildman–Crippen MR) is 82.3 cm³/mol. The van der Waals surface area contributed by atoms with E-state index in [4.69, 9.17) is 5.11 Å². The molecule has 1 fully saturated rings. The van der Waals surface area contributed by atoms with E-state index in [1.165, 1.54) is 4.31 Å². The van der Waals surface area contributed by atoms with Gasteiger partial charge in [-0.3, -0.25) is 14.5 Å². The van der Waals surface area contributed by atoms with E-state index in [1.54, 1.807) is 35.2 Å². The van der Waals surface area contributed by atoms with Crippen molar-refractivity contribution in [1.82, 2.24) is 14.5 Å². The first kappa shape index (κ1) is 17.4. The van der Waals surface area contributed by atoms with E-state index in [0.717, 1.165) is 0 Å². The lowest BCUT2D eigenvalue weighted by Gasteiger charge is -2.33. The highest BCUT2D eigenvalue weighted by molar-refractivity contribution is 7.89. The van der Waals surface area contributed by atoms with Crippen molar-refractivity contribution in [2.24, 2.45) is 0 Å². The van der Waals surface area contributed by atoms with Gasteiger partial charge < -0.3 is 10.4 Å². The van der Waals surface area contributed by atoms with E-state index in [-0.39, 0.29) is 17.3 Å². The van der Waals surface area contributed by atoms with Crippen LogP contribution in [0.15, 0.2) is 35.2 Å². The zero-order valence-electron chi connectivity index (χ0n) is 12.5. The minimum atomic E-state index is -3.51. The Hall–Kier alpha value is -1.97. The third kappa shape index (κ3) is 4.75. The molecule has 1 saturated heterocycles. The number of piperazine rings is 1. The van der Waals surface area contributed by atoms with E-state index < -0.39 is 22.5 Å². The molecule has 1 heterocycles. The zero-order chi connectivity index (χ0) is 16.9. The van der Waals surface area contributed by atoms with Crippen molar-refractivity contribution >= 4 is 21.9 Å². The van der Waals surface area contributed by atoms with Crippen LogP contribution in [0.5, 0.6) is 0 Å². The summed E-state index contributed by atoms with van der Waals surface area (Å²) in [5.74, 6) is -1.48. The molecule has 1 aliphatic heterocycles. The Morgan fingerprint density at radius 3 is 2.26 bits per heavy atom. The highest BCUT2D eigenvalue weighted by Crippen LogP contribution is 2.16. The van der Waals surface area contributed by atoms with Crippen LogP contribution in [0.1, 0.15) is 0 Å². The second-order valence-corrected chi connectivity index (χ2v) is 7.10. The monoisotopic (exact) mass is 341 g/mol. The van der Waals surface area contributed by atoms with Crippen molar-refractivity contribution in [2.75, 3.05) is 39.3 Å². The van der Waals surface area contributed by atoms with Crippen LogP contribution in [0.4, 0.5) is 0 Å². The van der Waals surface area contributed by atoms with Crippen molar-refractivity contribution in [3.05, 3.63) is 30.3 Å². The smallest absolute Gasteiger partial charge is 0.322 e. The first-order valence-corrected chi connectivity index (χ1v) is 8.59. The predicted octanol–water partition coefficient (Wildman–Crippen LogP) is -0.806. The summed E-state index contributed by atoms with van der Waals surface area (Å²) in [6.45, 7) is 1.08. The second kappa shape index (κ2) is 7.53. The third-order valence-corrected chi connectivity index (χ3v) is 5.43. The molecule has 2 N–H and O–H groups in total. The molecule has 0 spiro atoms. The molecular formula is C14H19N3O5S. The Morgan fingerprint density at radius 2 is 1.70 bits per heavy atom. The molecule has 0 saturated carbocycles. The number of carbonyl (C=O) groups excluding carboxylic acids is 1. The fourth-order valence-corrected chi connectivity index (χ4v) is 3.75. The highest BCUT2D eigenvalue weighted by atomic mass is 32.2. The number of amides is 1. The van der Waals surface area contributed by atoms with Crippen LogP contribution in [0.2, 0.25) is 0 Å². The Labute approximate surface area is 134 Å². The van der Waals surface area contributed by atoms with Gasteiger partial charge in [0.2, 0.25) is 15.9 Å². The van der Waals surface area contributed by atoms with Gasteiger partial charge in [0.25, 0.3) is 0 Å². The number of nitrogens with zero attached hydrogens (tertiary/aromatic N) is 2. The molecule has 23 heavy (non-hydrogen) atoms. The molecule has 126 valence electrons. The van der Waals surface area contributed by atoms with E-state index in [0.29, 0.717) is 26.2 Å². The summed E-state index contributed by atoms with van der Waals surface area (Å²) in [6, 6.07) is 8.22. The number of carbonyl (C=O) groups is 2. The zero-order valence-corrected chi connectivity index (χ0v) is 13.3. The van der Waals surface area contributed by atoms with Gasteiger partial charge in [-0.05, 0) is 12.1 Å². The molecule has 0 aromatic heterocycles. The van der Waals surface area contributed by atoms with Gasteiger partial charge in [-0.25, -0.2) is 8.42 Å². The van der Waals surface area contributed by atoms with Crippen LogP contribution < -0.4 is 5.32 Å². The van der Waals surface area contributed by atoms with E-state index in [1.807, 2.05) is 0 Å². The van der Waals surface area contributed by atoms with E-state index in [2.05, 4.69) is 5.32 Å². The summed E-state index contributed by atoms with van der Waals surface area (Å²) in [5, 5.41) is 10.8. The first-order valence-electron chi connectivity index (χ1n) is 7.15. The summed E-state index contributed by atoms with van der Waals surface area (Å²) >= 11 is 0. The van der Waals surface area contributed by atoms with Gasteiger partial charge in [0.05, 0.1) is 11.4 Å². The van der Waals surface area contributed by atoms with Crippen LogP contribution >= 0.6 is 0 Å². The van der Waals surface area contributed by atoms with Crippen molar-refractivity contribution in [3.63, 3.8) is 0 Å². The number of carboxylic acids is 1. The molecular weight excluding hydrogens is 322 g/mol. The van der Waals surface area contributed by atoms with Gasteiger partial charge in [0, 0.05) is 26.2 Å². The summed E-state index contributed by atoms with van der Waals surface area (Å²) in [5.41, 5.74) is 0. The number of benzene rings is 1. The minimum absolute atomic E-state index is 0.0620. The Morgan fingerprint density at radius 1 is 1.09 bits per heavy atom. The SMILES string of the molecule is O=C(O)CNC(=O)CN1CCN(S(=O)(=O)c2ccccc2)CC1. The molecule has 0 atom stereocenters. The lowest BCUT2D eigenvalue weighted by molar-refractivity contribution is -0.138. The maximum atomic E-state index is 12.5. The maximum absolute atomic E-state index is 12.5. The second-order valence-electron chi connectivity index (χ2n) is 5.16. The van der Waals surface area contributed by atoms with Crippen LogP contribution in [0, 0.1) is 0 Å². The van der Waals surface area contributed by atoms with E-state index in [9.17, 15) is 18.0 Å². The van der Waals surface area contributed by atoms with Gasteiger partial charge in [0.1, 0.15) is 6.54 Å². The van der Waals surface area contributed by atoms with Crippen molar-refractivity contribution in [2.45, 2.75) is 4.90 Å². The van der Waals surface area contributed by atoms with E-state index >= 15 is 0 Å². The van der Waals surface area contributed by atoms with Crippen molar-refractivity contribution < 1.29 is 23.1 Å². The number of aliphatic carboxylic acids is 1. The van der Waals surface area contributed by atoms with Gasteiger partial charge in [-0.2, -0.15) is 4.31 Å². The third-order valence-electron chi connectivity index (χ3n) is 3.52. The molecule has 0 unspecified atom stereocenters. The number of nitrogens with one attached hydrogen (secondary N) is 1. The average molecular weight is 341 g/mol. The Balaban J connectivity index is 1.86. The van der Waals surface area contributed by atoms with Crippen molar-refractivity contribution in [3.8, 4) is 0 Å². The van der Waals surface area contributed by atoms with Gasteiger partial charge in [-0.1, -0.05) is 18.2 Å². The average Bonchev–Trinajstić information content (AvgIpc) is 2.54. The van der Waals surface area contributed by atoms with Crippen LogP contribution in [-0.4, -0.2) is 73.9 Å². The minimum Gasteiger partial charge on any atom is -0.480 e. The topological polar surface area (TPSA) is 107 Å². The number of hydrogen-bond acceptors (Lipinski definition) is 5. The number of hydrogen-bond donors (Lipinski definition) is 2. The summed E-state index contributed by atoms with van der Waals surface area (Å²) < 4.78 is 26.3. The molecule has 2 rings (SSSR count). The summed E-state index contributed by atoms with van der Waals surface area (Å²) in [6.07, 6.45) is 0. The number of carboxylic acid groups (broad SMARTS) is 1. The fraction of sp³-hybridized carbons (Fsp3) is 0.429. The Kier molecular flexibility index (Phi) is 5.69. The molecule has 9 heteroatoms. The quantitative estimate of drug-likeness (QED) is 0.701.